The minimum Gasteiger partial charge on any atom is -0.348 e. The Labute approximate surface area is 86.5 Å². The van der Waals surface area contributed by atoms with Gasteiger partial charge in [-0.1, -0.05) is 40.2 Å². The Kier molecular flexibility index (Phi) is 3.50. The molecule has 0 atom stereocenters. The monoisotopic (exact) mass is 192 g/mol. The van der Waals surface area contributed by atoms with Crippen molar-refractivity contribution in [2.24, 2.45) is 0 Å². The summed E-state index contributed by atoms with van der Waals surface area (Å²) >= 11 is 0. The Bertz CT molecular complexity index is 297. The number of aromatic amines is 1. The van der Waals surface area contributed by atoms with Crippen molar-refractivity contribution in [3.05, 3.63) is 24.3 Å². The Morgan fingerprint density at radius 2 is 2.29 bits per heavy atom. The summed E-state index contributed by atoms with van der Waals surface area (Å²) in [5.41, 5.74) is 2.38. The lowest BCUT2D eigenvalue weighted by Gasteiger charge is -2.23. The van der Waals surface area contributed by atoms with E-state index in [0.717, 1.165) is 5.69 Å². The average Bonchev–Trinajstić information content (AvgIpc) is 2.63. The molecule has 1 aromatic rings. The van der Waals surface area contributed by atoms with Gasteiger partial charge in [0.2, 0.25) is 0 Å². The molecule has 14 heavy (non-hydrogen) atoms. The van der Waals surface area contributed by atoms with Crippen LogP contribution in [-0.4, -0.2) is 9.97 Å². The third kappa shape index (κ3) is 2.25. The van der Waals surface area contributed by atoms with Gasteiger partial charge in [-0.3, -0.25) is 0 Å². The fraction of sp³-hybridized carbons (Fsp3) is 0.583. The van der Waals surface area contributed by atoms with E-state index in [4.69, 9.17) is 0 Å². The Morgan fingerprint density at radius 1 is 1.57 bits per heavy atom. The van der Waals surface area contributed by atoms with Crippen molar-refractivity contribution in [1.82, 2.24) is 9.97 Å². The summed E-state index contributed by atoms with van der Waals surface area (Å²) < 4.78 is 0. The van der Waals surface area contributed by atoms with Crippen LogP contribution >= 0.6 is 0 Å². The van der Waals surface area contributed by atoms with E-state index in [2.05, 4.69) is 37.3 Å². The van der Waals surface area contributed by atoms with Gasteiger partial charge in [0.25, 0.3) is 0 Å². The van der Waals surface area contributed by atoms with Gasteiger partial charge in [-0.15, -0.1) is 0 Å². The van der Waals surface area contributed by atoms with Crippen LogP contribution in [0.25, 0.3) is 6.08 Å². The lowest BCUT2D eigenvalue weighted by Crippen LogP contribution is -2.18. The van der Waals surface area contributed by atoms with Gasteiger partial charge in [-0.05, 0) is 12.5 Å². The minimum absolute atomic E-state index is 0.177. The maximum absolute atomic E-state index is 4.24. The van der Waals surface area contributed by atoms with E-state index in [-0.39, 0.29) is 5.41 Å². The summed E-state index contributed by atoms with van der Waals surface area (Å²) in [4.78, 5) is 7.46. The first-order valence-electron chi connectivity index (χ1n) is 5.28. The molecule has 1 aromatic heterocycles. The second kappa shape index (κ2) is 4.45. The van der Waals surface area contributed by atoms with Crippen molar-refractivity contribution < 1.29 is 0 Å². The molecule has 0 aliphatic heterocycles. The third-order valence-corrected chi connectivity index (χ3v) is 2.69. The highest BCUT2D eigenvalue weighted by Crippen LogP contribution is 2.29. The SMILES string of the molecule is C=Cc1nc[nH]c1C(C)(C)CCCC. The zero-order valence-corrected chi connectivity index (χ0v) is 9.43. The molecule has 1 heterocycles. The van der Waals surface area contributed by atoms with E-state index in [1.165, 1.54) is 25.0 Å². The molecule has 2 heteroatoms. The maximum Gasteiger partial charge on any atom is 0.0929 e. The number of nitrogens with one attached hydrogen (secondary N) is 1. The van der Waals surface area contributed by atoms with Gasteiger partial charge in [0.15, 0.2) is 0 Å². The number of hydrogen-bond donors (Lipinski definition) is 1. The highest BCUT2D eigenvalue weighted by atomic mass is 14.9. The second-order valence-electron chi connectivity index (χ2n) is 4.35. The van der Waals surface area contributed by atoms with Crippen LogP contribution in [0.1, 0.15) is 51.4 Å². The van der Waals surface area contributed by atoms with Crippen molar-refractivity contribution in [3.8, 4) is 0 Å². The van der Waals surface area contributed by atoms with Crippen LogP contribution < -0.4 is 0 Å². The molecule has 1 N–H and O–H groups in total. The first kappa shape index (κ1) is 11.0. The molecule has 2 nitrogen and oxygen atoms in total. The van der Waals surface area contributed by atoms with Gasteiger partial charge >= 0.3 is 0 Å². The summed E-state index contributed by atoms with van der Waals surface area (Å²) in [6, 6.07) is 0. The van der Waals surface area contributed by atoms with Gasteiger partial charge in [-0.25, -0.2) is 4.98 Å². The number of nitrogens with zero attached hydrogens (tertiary/aromatic N) is 1. The van der Waals surface area contributed by atoms with Crippen molar-refractivity contribution >= 4 is 6.08 Å². The molecule has 0 unspecified atom stereocenters. The first-order valence-corrected chi connectivity index (χ1v) is 5.28. The molecule has 0 saturated carbocycles. The number of aromatic nitrogens is 2. The normalized spacial score (nSPS) is 11.6. The molecule has 0 saturated heterocycles. The van der Waals surface area contributed by atoms with Crippen LogP contribution in [0.15, 0.2) is 12.9 Å². The van der Waals surface area contributed by atoms with E-state index < -0.39 is 0 Å². The molecule has 0 spiro atoms. The number of hydrogen-bond acceptors (Lipinski definition) is 1. The van der Waals surface area contributed by atoms with Gasteiger partial charge in [0.05, 0.1) is 12.0 Å². The lowest BCUT2D eigenvalue weighted by molar-refractivity contribution is 0.446. The summed E-state index contributed by atoms with van der Waals surface area (Å²) in [6.45, 7) is 10.5. The molecule has 78 valence electrons. The molecular formula is C12H20N2. The zero-order valence-electron chi connectivity index (χ0n) is 9.43. The molecule has 1 rings (SSSR count). The minimum atomic E-state index is 0.177. The average molecular weight is 192 g/mol. The molecule has 0 aliphatic rings. The quantitative estimate of drug-likeness (QED) is 0.759. The van der Waals surface area contributed by atoms with Crippen molar-refractivity contribution in [1.29, 1.82) is 0 Å². The van der Waals surface area contributed by atoms with Crippen molar-refractivity contribution in [2.45, 2.75) is 45.4 Å². The van der Waals surface area contributed by atoms with Crippen LogP contribution in [0.3, 0.4) is 0 Å². The number of imidazole rings is 1. The fourth-order valence-corrected chi connectivity index (χ4v) is 1.75. The summed E-state index contributed by atoms with van der Waals surface area (Å²) in [5, 5.41) is 0. The van der Waals surface area contributed by atoms with E-state index in [1.54, 1.807) is 6.33 Å². The Hall–Kier alpha value is -1.05. The van der Waals surface area contributed by atoms with Gasteiger partial charge in [0, 0.05) is 11.1 Å². The number of rotatable bonds is 5. The van der Waals surface area contributed by atoms with Crippen LogP contribution in [0, 0.1) is 0 Å². The highest BCUT2D eigenvalue weighted by Gasteiger charge is 2.23. The van der Waals surface area contributed by atoms with Gasteiger partial charge in [0.1, 0.15) is 0 Å². The summed E-state index contributed by atoms with van der Waals surface area (Å²) in [7, 11) is 0. The Morgan fingerprint density at radius 3 is 2.86 bits per heavy atom. The predicted molar refractivity (Wildman–Crippen MR) is 61.2 cm³/mol. The van der Waals surface area contributed by atoms with E-state index >= 15 is 0 Å². The molecule has 0 fully saturated rings. The lowest BCUT2D eigenvalue weighted by atomic mass is 9.83. The third-order valence-electron chi connectivity index (χ3n) is 2.69. The van der Waals surface area contributed by atoms with Crippen LogP contribution in [-0.2, 0) is 5.41 Å². The smallest absolute Gasteiger partial charge is 0.0929 e. The topological polar surface area (TPSA) is 28.7 Å². The standard InChI is InChI=1S/C12H20N2/c1-5-7-8-12(3,4)11-10(6-2)13-9-14-11/h6,9H,2,5,7-8H2,1,3-4H3,(H,13,14). The highest BCUT2D eigenvalue weighted by molar-refractivity contribution is 5.46. The van der Waals surface area contributed by atoms with E-state index in [9.17, 15) is 0 Å². The maximum atomic E-state index is 4.24. The van der Waals surface area contributed by atoms with Crippen LogP contribution in [0.2, 0.25) is 0 Å². The molecule has 0 amide bonds. The van der Waals surface area contributed by atoms with E-state index in [0.29, 0.717) is 0 Å². The summed E-state index contributed by atoms with van der Waals surface area (Å²) in [6.07, 6.45) is 7.25. The number of H-pyrrole nitrogens is 1. The molecule has 0 bridgehead atoms. The van der Waals surface area contributed by atoms with Crippen LogP contribution in [0.4, 0.5) is 0 Å². The molecule has 0 aliphatic carbocycles. The largest absolute Gasteiger partial charge is 0.348 e. The van der Waals surface area contributed by atoms with Gasteiger partial charge in [-0.2, -0.15) is 0 Å². The Balaban J connectivity index is 2.85. The fourth-order valence-electron chi connectivity index (χ4n) is 1.75. The predicted octanol–water partition coefficient (Wildman–Crippen LogP) is 3.52. The second-order valence-corrected chi connectivity index (χ2v) is 4.35. The zero-order chi connectivity index (χ0) is 10.6. The van der Waals surface area contributed by atoms with Gasteiger partial charge < -0.3 is 4.98 Å². The molecular weight excluding hydrogens is 172 g/mol. The van der Waals surface area contributed by atoms with E-state index in [1.807, 2.05) is 6.08 Å². The van der Waals surface area contributed by atoms with Crippen LogP contribution in [0.5, 0.6) is 0 Å². The number of unbranched alkanes of at least 4 members (excludes halogenated alkanes) is 1. The molecule has 0 aromatic carbocycles. The first-order chi connectivity index (χ1) is 6.61. The van der Waals surface area contributed by atoms with Crippen molar-refractivity contribution in [3.63, 3.8) is 0 Å². The summed E-state index contributed by atoms with van der Waals surface area (Å²) in [5.74, 6) is 0. The van der Waals surface area contributed by atoms with Crippen molar-refractivity contribution in [2.75, 3.05) is 0 Å². The molecule has 0 radical (unpaired) electrons.